The molecule has 0 spiro atoms. The number of amides is 1. The maximum Gasteiger partial charge on any atom is 0.265 e. The van der Waals surface area contributed by atoms with Crippen molar-refractivity contribution in [1.29, 1.82) is 0 Å². The number of piperidine rings is 1. The minimum atomic E-state index is -3.61. The molecular weight excluding hydrogens is 268 g/mol. The Bertz CT molecular complexity index is 573. The van der Waals surface area contributed by atoms with Gasteiger partial charge in [0.15, 0.2) is 0 Å². The highest BCUT2D eigenvalue weighted by molar-refractivity contribution is 7.89. The lowest BCUT2D eigenvalue weighted by atomic mass is 10.1. The number of nitrogens with zero attached hydrogens (tertiary/aromatic N) is 1. The third-order valence-corrected chi connectivity index (χ3v) is 4.65. The summed E-state index contributed by atoms with van der Waals surface area (Å²) in [6, 6.07) is 1.18. The summed E-state index contributed by atoms with van der Waals surface area (Å²) in [7, 11) is -2.03. The number of aryl methyl sites for hydroxylation is 1. The molecule has 0 unspecified atom stereocenters. The van der Waals surface area contributed by atoms with Gasteiger partial charge >= 0.3 is 0 Å². The van der Waals surface area contributed by atoms with Gasteiger partial charge in [-0.1, -0.05) is 0 Å². The molecule has 0 radical (unpaired) electrons. The molecule has 1 amide bonds. The summed E-state index contributed by atoms with van der Waals surface area (Å²) >= 11 is 0. The van der Waals surface area contributed by atoms with Gasteiger partial charge in [0.25, 0.3) is 5.91 Å². The summed E-state index contributed by atoms with van der Waals surface area (Å²) in [5, 5.41) is 3.14. The van der Waals surface area contributed by atoms with Crippen molar-refractivity contribution in [2.24, 2.45) is 12.8 Å². The summed E-state index contributed by atoms with van der Waals surface area (Å²) in [5.41, 5.74) is 5.34. The van der Waals surface area contributed by atoms with E-state index < -0.39 is 15.9 Å². The first-order valence-corrected chi connectivity index (χ1v) is 7.57. The van der Waals surface area contributed by atoms with Crippen molar-refractivity contribution in [3.05, 3.63) is 18.0 Å². The molecule has 106 valence electrons. The Hall–Kier alpha value is -1.38. The van der Waals surface area contributed by atoms with Crippen LogP contribution in [0, 0.1) is 0 Å². The number of rotatable bonds is 4. The van der Waals surface area contributed by atoms with E-state index in [4.69, 9.17) is 5.73 Å². The van der Waals surface area contributed by atoms with Crippen molar-refractivity contribution in [2.45, 2.75) is 23.8 Å². The van der Waals surface area contributed by atoms with Crippen LogP contribution in [0.5, 0.6) is 0 Å². The highest BCUT2D eigenvalue weighted by atomic mass is 32.2. The lowest BCUT2D eigenvalue weighted by Gasteiger charge is -2.23. The predicted molar refractivity (Wildman–Crippen MR) is 70.1 cm³/mol. The van der Waals surface area contributed by atoms with E-state index in [0.717, 1.165) is 19.4 Å². The molecule has 1 saturated heterocycles. The topological polar surface area (TPSA) is 106 Å². The lowest BCUT2D eigenvalue weighted by Crippen LogP contribution is -2.45. The normalized spacial score (nSPS) is 20.4. The molecule has 2 heterocycles. The average molecular weight is 286 g/mol. The standard InChI is InChI=1S/C11H18N4O3S/c1-15-7-9(5-10(15)11(12)16)19(17,18)14-8-3-2-4-13-6-8/h5,7-8,13-14H,2-4,6H2,1H3,(H2,12,16)/t8-/m1/s1. The molecule has 19 heavy (non-hydrogen) atoms. The summed E-state index contributed by atoms with van der Waals surface area (Å²) in [5.74, 6) is -0.650. The first kappa shape index (κ1) is 14.0. The number of carbonyl (C=O) groups is 1. The van der Waals surface area contributed by atoms with Crippen molar-refractivity contribution in [2.75, 3.05) is 13.1 Å². The second-order valence-electron chi connectivity index (χ2n) is 4.70. The average Bonchev–Trinajstić information content (AvgIpc) is 2.73. The van der Waals surface area contributed by atoms with Crippen molar-refractivity contribution < 1.29 is 13.2 Å². The van der Waals surface area contributed by atoms with E-state index in [0.29, 0.717) is 6.54 Å². The monoisotopic (exact) mass is 286 g/mol. The van der Waals surface area contributed by atoms with Crippen molar-refractivity contribution in [3.63, 3.8) is 0 Å². The van der Waals surface area contributed by atoms with E-state index in [-0.39, 0.29) is 16.6 Å². The molecule has 1 aromatic heterocycles. The number of hydrogen-bond donors (Lipinski definition) is 3. The first-order chi connectivity index (χ1) is 8.90. The Labute approximate surface area is 112 Å². The lowest BCUT2D eigenvalue weighted by molar-refractivity contribution is 0.0992. The van der Waals surface area contributed by atoms with Crippen LogP contribution < -0.4 is 15.8 Å². The molecule has 0 aliphatic carbocycles. The predicted octanol–water partition coefficient (Wildman–Crippen LogP) is -0.846. The van der Waals surface area contributed by atoms with Crippen LogP contribution in [0.1, 0.15) is 23.3 Å². The number of nitrogens with two attached hydrogens (primary N) is 1. The van der Waals surface area contributed by atoms with Gasteiger partial charge in [0.1, 0.15) is 10.6 Å². The fourth-order valence-corrected chi connectivity index (χ4v) is 3.51. The highest BCUT2D eigenvalue weighted by Crippen LogP contribution is 2.14. The summed E-state index contributed by atoms with van der Waals surface area (Å²) in [6.07, 6.45) is 3.13. The Morgan fingerprint density at radius 1 is 1.58 bits per heavy atom. The zero-order valence-electron chi connectivity index (χ0n) is 10.7. The number of hydrogen-bond acceptors (Lipinski definition) is 4. The molecule has 0 bridgehead atoms. The fourth-order valence-electron chi connectivity index (χ4n) is 2.17. The van der Waals surface area contributed by atoms with Gasteiger partial charge in [-0.15, -0.1) is 0 Å². The number of carbonyl (C=O) groups excluding carboxylic acids is 1. The molecule has 0 aromatic carbocycles. The van der Waals surface area contributed by atoms with Crippen LogP contribution in [-0.4, -0.2) is 38.0 Å². The molecule has 1 fully saturated rings. The van der Waals surface area contributed by atoms with E-state index in [9.17, 15) is 13.2 Å². The largest absolute Gasteiger partial charge is 0.364 e. The van der Waals surface area contributed by atoms with Gasteiger partial charge in [0, 0.05) is 25.8 Å². The zero-order valence-corrected chi connectivity index (χ0v) is 11.5. The minimum Gasteiger partial charge on any atom is -0.364 e. The first-order valence-electron chi connectivity index (χ1n) is 6.09. The Morgan fingerprint density at radius 3 is 2.84 bits per heavy atom. The van der Waals surface area contributed by atoms with Crippen LogP contribution in [0.3, 0.4) is 0 Å². The van der Waals surface area contributed by atoms with Crippen LogP contribution in [-0.2, 0) is 17.1 Å². The smallest absolute Gasteiger partial charge is 0.265 e. The van der Waals surface area contributed by atoms with E-state index >= 15 is 0 Å². The molecule has 2 rings (SSSR count). The second-order valence-corrected chi connectivity index (χ2v) is 6.41. The Morgan fingerprint density at radius 2 is 2.32 bits per heavy atom. The molecule has 0 saturated carbocycles. The molecule has 4 N–H and O–H groups in total. The number of aromatic nitrogens is 1. The maximum atomic E-state index is 12.2. The Balaban J connectivity index is 2.19. The zero-order chi connectivity index (χ0) is 14.0. The van der Waals surface area contributed by atoms with Crippen LogP contribution in [0.25, 0.3) is 0 Å². The number of sulfonamides is 1. The number of primary amides is 1. The van der Waals surface area contributed by atoms with Crippen molar-refractivity contribution in [1.82, 2.24) is 14.6 Å². The third kappa shape index (κ3) is 3.14. The quantitative estimate of drug-likeness (QED) is 0.670. The molecule has 1 aromatic rings. The summed E-state index contributed by atoms with van der Waals surface area (Å²) < 4.78 is 28.4. The fraction of sp³-hybridized carbons (Fsp3) is 0.545. The van der Waals surface area contributed by atoms with Crippen LogP contribution in [0.15, 0.2) is 17.2 Å². The van der Waals surface area contributed by atoms with Crippen molar-refractivity contribution in [3.8, 4) is 0 Å². The van der Waals surface area contributed by atoms with Crippen LogP contribution >= 0.6 is 0 Å². The third-order valence-electron chi connectivity index (χ3n) is 3.16. The van der Waals surface area contributed by atoms with E-state index in [1.807, 2.05) is 0 Å². The van der Waals surface area contributed by atoms with Gasteiger partial charge < -0.3 is 15.6 Å². The minimum absolute atomic E-state index is 0.0642. The molecule has 1 aliphatic rings. The van der Waals surface area contributed by atoms with E-state index in [2.05, 4.69) is 10.0 Å². The van der Waals surface area contributed by atoms with Gasteiger partial charge in [-0.25, -0.2) is 13.1 Å². The van der Waals surface area contributed by atoms with Gasteiger partial charge in [-0.3, -0.25) is 4.79 Å². The van der Waals surface area contributed by atoms with Gasteiger partial charge in [0.2, 0.25) is 10.0 Å². The summed E-state index contributed by atoms with van der Waals surface area (Å²) in [4.78, 5) is 11.2. The van der Waals surface area contributed by atoms with Gasteiger partial charge in [-0.05, 0) is 25.5 Å². The Kier molecular flexibility index (Phi) is 3.93. The van der Waals surface area contributed by atoms with Gasteiger partial charge in [-0.2, -0.15) is 0 Å². The maximum absolute atomic E-state index is 12.2. The molecule has 1 atom stereocenters. The van der Waals surface area contributed by atoms with Crippen molar-refractivity contribution >= 4 is 15.9 Å². The molecular formula is C11H18N4O3S. The summed E-state index contributed by atoms with van der Waals surface area (Å²) in [6.45, 7) is 1.53. The molecule has 1 aliphatic heterocycles. The van der Waals surface area contributed by atoms with Crippen LogP contribution in [0.4, 0.5) is 0 Å². The van der Waals surface area contributed by atoms with Gasteiger partial charge in [0.05, 0.1) is 0 Å². The molecule has 7 nitrogen and oxygen atoms in total. The van der Waals surface area contributed by atoms with E-state index in [1.54, 1.807) is 7.05 Å². The molecule has 8 heteroatoms. The highest BCUT2D eigenvalue weighted by Gasteiger charge is 2.24. The number of nitrogens with one attached hydrogen (secondary N) is 2. The van der Waals surface area contributed by atoms with E-state index in [1.165, 1.54) is 16.8 Å². The van der Waals surface area contributed by atoms with Crippen LogP contribution in [0.2, 0.25) is 0 Å². The SMILES string of the molecule is Cn1cc(S(=O)(=O)N[C@@H]2CCCNC2)cc1C(N)=O. The second kappa shape index (κ2) is 5.32.